The average molecular weight is 432 g/mol. The second-order valence-corrected chi connectivity index (χ2v) is 9.44. The number of hydrogen-bond donors (Lipinski definition) is 2. The summed E-state index contributed by atoms with van der Waals surface area (Å²) in [7, 11) is 0. The molecule has 1 aromatic rings. The lowest BCUT2D eigenvalue weighted by molar-refractivity contribution is -0.138. The molecule has 29 heavy (non-hydrogen) atoms. The number of alkyl halides is 2. The van der Waals surface area contributed by atoms with Crippen molar-refractivity contribution in [2.75, 3.05) is 19.6 Å². The van der Waals surface area contributed by atoms with Crippen molar-refractivity contribution in [2.45, 2.75) is 51.1 Å². The number of halogens is 4. The second-order valence-electron chi connectivity index (χ2n) is 9.01. The van der Waals surface area contributed by atoms with Crippen LogP contribution in [0.4, 0.5) is 13.2 Å². The predicted molar refractivity (Wildman–Crippen MR) is 104 cm³/mol. The normalized spacial score (nSPS) is 26.2. The molecule has 1 aromatic carbocycles. The topological polar surface area (TPSA) is 61.4 Å². The molecule has 2 aliphatic rings. The molecule has 1 saturated heterocycles. The van der Waals surface area contributed by atoms with Crippen molar-refractivity contribution in [3.05, 3.63) is 34.6 Å². The van der Waals surface area contributed by atoms with Gasteiger partial charge >= 0.3 is 0 Å². The van der Waals surface area contributed by atoms with E-state index in [1.54, 1.807) is 0 Å². The summed E-state index contributed by atoms with van der Waals surface area (Å²) in [4.78, 5) is 25.8. The number of carbonyl (C=O) groups excluding carboxylic acids is 2. The summed E-state index contributed by atoms with van der Waals surface area (Å²) >= 11 is 5.75. The van der Waals surface area contributed by atoms with Crippen molar-refractivity contribution in [3.63, 3.8) is 0 Å². The van der Waals surface area contributed by atoms with Crippen LogP contribution in [0.3, 0.4) is 0 Å². The zero-order chi connectivity index (χ0) is 21.6. The lowest BCUT2D eigenvalue weighted by Gasteiger charge is -2.39. The van der Waals surface area contributed by atoms with Gasteiger partial charge in [0.15, 0.2) is 0 Å². The largest absolute Gasteiger partial charge is 0.350 e. The summed E-state index contributed by atoms with van der Waals surface area (Å²) in [5, 5.41) is 5.42. The number of carbonyl (C=O) groups is 2. The van der Waals surface area contributed by atoms with Crippen LogP contribution < -0.4 is 10.6 Å². The van der Waals surface area contributed by atoms with Crippen molar-refractivity contribution in [1.82, 2.24) is 15.5 Å². The molecule has 2 N–H and O–H groups in total. The highest BCUT2D eigenvalue weighted by molar-refractivity contribution is 6.31. The molecule has 9 heteroatoms. The standard InChI is InChI=1S/C20H25ClF3N3O2/c1-18(2,3)26-16(28)10-27-5-4-19(20(23,24)11-27)9-15(19)25-17(29)12-6-13(21)8-14(22)7-12/h6-8,15H,4-5,9-11H2,1-3H3,(H,25,29)(H,26,28). The van der Waals surface area contributed by atoms with E-state index >= 15 is 0 Å². The van der Waals surface area contributed by atoms with Crippen LogP contribution in [0.15, 0.2) is 18.2 Å². The molecule has 2 fully saturated rings. The maximum Gasteiger partial charge on any atom is 0.268 e. The summed E-state index contributed by atoms with van der Waals surface area (Å²) in [5.41, 5.74) is -1.75. The van der Waals surface area contributed by atoms with Crippen LogP contribution in [0.5, 0.6) is 0 Å². The fraction of sp³-hybridized carbons (Fsp3) is 0.600. The van der Waals surface area contributed by atoms with Gasteiger partial charge in [-0.2, -0.15) is 0 Å². The molecule has 1 saturated carbocycles. The lowest BCUT2D eigenvalue weighted by atomic mass is 9.88. The number of likely N-dealkylation sites (tertiary alicyclic amines) is 1. The van der Waals surface area contributed by atoms with Gasteiger partial charge in [-0.25, -0.2) is 13.2 Å². The van der Waals surface area contributed by atoms with E-state index in [2.05, 4.69) is 10.6 Å². The Labute approximate surface area is 173 Å². The first-order valence-electron chi connectivity index (χ1n) is 9.49. The van der Waals surface area contributed by atoms with Crippen molar-refractivity contribution < 1.29 is 22.8 Å². The summed E-state index contributed by atoms with van der Waals surface area (Å²) in [5.74, 6) is -4.64. The Hall–Kier alpha value is -1.80. The van der Waals surface area contributed by atoms with Gasteiger partial charge in [-0.1, -0.05) is 11.6 Å². The van der Waals surface area contributed by atoms with E-state index in [4.69, 9.17) is 11.6 Å². The number of nitrogens with one attached hydrogen (secondary N) is 2. The van der Waals surface area contributed by atoms with Crippen LogP contribution in [-0.2, 0) is 4.79 Å². The first-order valence-corrected chi connectivity index (χ1v) is 9.87. The van der Waals surface area contributed by atoms with Gasteiger partial charge in [0.05, 0.1) is 18.5 Å². The minimum absolute atomic E-state index is 0.00310. The Morgan fingerprint density at radius 1 is 1.28 bits per heavy atom. The van der Waals surface area contributed by atoms with Crippen LogP contribution in [-0.4, -0.2) is 53.9 Å². The molecule has 1 heterocycles. The first kappa shape index (κ1) is 21.9. The quantitative estimate of drug-likeness (QED) is 0.769. The third-order valence-corrected chi connectivity index (χ3v) is 5.63. The van der Waals surface area contributed by atoms with Crippen LogP contribution in [0.1, 0.15) is 44.0 Å². The second kappa shape index (κ2) is 7.47. The van der Waals surface area contributed by atoms with E-state index < -0.39 is 41.2 Å². The summed E-state index contributed by atoms with van der Waals surface area (Å²) in [6.45, 7) is 5.19. The number of benzene rings is 1. The van der Waals surface area contributed by atoms with Crippen LogP contribution in [0, 0.1) is 11.2 Å². The molecule has 0 bridgehead atoms. The molecular formula is C20H25ClF3N3O2. The van der Waals surface area contributed by atoms with E-state index in [1.165, 1.54) is 11.0 Å². The highest BCUT2D eigenvalue weighted by atomic mass is 35.5. The first-order chi connectivity index (χ1) is 13.3. The molecule has 0 aromatic heterocycles. The molecule has 5 nitrogen and oxygen atoms in total. The zero-order valence-electron chi connectivity index (χ0n) is 16.6. The molecule has 2 unspecified atom stereocenters. The van der Waals surface area contributed by atoms with E-state index in [9.17, 15) is 22.8 Å². The Balaban J connectivity index is 1.60. The Bertz CT molecular complexity index is 807. The van der Waals surface area contributed by atoms with Gasteiger partial charge < -0.3 is 10.6 Å². The minimum atomic E-state index is -3.05. The van der Waals surface area contributed by atoms with Crippen LogP contribution in [0.25, 0.3) is 0 Å². The van der Waals surface area contributed by atoms with Crippen molar-refractivity contribution in [3.8, 4) is 0 Å². The molecule has 2 atom stereocenters. The van der Waals surface area contributed by atoms with Gasteiger partial charge in [-0.05, 0) is 58.4 Å². The molecular weight excluding hydrogens is 407 g/mol. The molecule has 0 radical (unpaired) electrons. The zero-order valence-corrected chi connectivity index (χ0v) is 17.4. The van der Waals surface area contributed by atoms with Gasteiger partial charge in [-0.15, -0.1) is 0 Å². The summed E-state index contributed by atoms with van der Waals surface area (Å²) in [6, 6.07) is 2.68. The summed E-state index contributed by atoms with van der Waals surface area (Å²) in [6.07, 6.45) is 0.314. The smallest absolute Gasteiger partial charge is 0.268 e. The van der Waals surface area contributed by atoms with E-state index in [-0.39, 0.29) is 35.9 Å². The number of hydrogen-bond acceptors (Lipinski definition) is 3. The molecule has 1 aliphatic carbocycles. The van der Waals surface area contributed by atoms with E-state index in [1.807, 2.05) is 20.8 Å². The van der Waals surface area contributed by atoms with E-state index in [0.29, 0.717) is 6.54 Å². The molecule has 1 aliphatic heterocycles. The fourth-order valence-electron chi connectivity index (χ4n) is 3.96. The Morgan fingerprint density at radius 3 is 2.55 bits per heavy atom. The van der Waals surface area contributed by atoms with Gasteiger partial charge in [-0.3, -0.25) is 14.5 Å². The Morgan fingerprint density at radius 2 is 1.97 bits per heavy atom. The van der Waals surface area contributed by atoms with Crippen molar-refractivity contribution in [1.29, 1.82) is 0 Å². The SMILES string of the molecule is CC(C)(C)NC(=O)CN1CCC2(CC2NC(=O)c2cc(F)cc(Cl)c2)C(F)(F)C1. The highest BCUT2D eigenvalue weighted by Crippen LogP contribution is 2.61. The number of piperidine rings is 1. The molecule has 1 spiro atoms. The van der Waals surface area contributed by atoms with Crippen molar-refractivity contribution in [2.24, 2.45) is 5.41 Å². The number of rotatable bonds is 4. The summed E-state index contributed by atoms with van der Waals surface area (Å²) < 4.78 is 43.3. The van der Waals surface area contributed by atoms with Crippen LogP contribution >= 0.6 is 11.6 Å². The van der Waals surface area contributed by atoms with E-state index in [0.717, 1.165) is 12.1 Å². The third kappa shape index (κ3) is 4.86. The predicted octanol–water partition coefficient (Wildman–Crippen LogP) is 3.22. The van der Waals surface area contributed by atoms with Crippen molar-refractivity contribution >= 4 is 23.4 Å². The molecule has 160 valence electrons. The average Bonchev–Trinajstić information content (AvgIpc) is 3.22. The van der Waals surface area contributed by atoms with Gasteiger partial charge in [0.25, 0.3) is 11.8 Å². The number of amides is 2. The Kier molecular flexibility index (Phi) is 5.64. The van der Waals surface area contributed by atoms with Gasteiger partial charge in [0, 0.05) is 22.2 Å². The number of nitrogens with zero attached hydrogens (tertiary/aromatic N) is 1. The highest BCUT2D eigenvalue weighted by Gasteiger charge is 2.71. The minimum Gasteiger partial charge on any atom is -0.350 e. The lowest BCUT2D eigenvalue weighted by Crippen LogP contribution is -2.55. The monoisotopic (exact) mass is 431 g/mol. The molecule has 3 rings (SSSR count). The fourth-order valence-corrected chi connectivity index (χ4v) is 4.18. The van der Waals surface area contributed by atoms with Gasteiger partial charge in [0.2, 0.25) is 5.91 Å². The third-order valence-electron chi connectivity index (χ3n) is 5.41. The van der Waals surface area contributed by atoms with Gasteiger partial charge in [0.1, 0.15) is 5.82 Å². The maximum absolute atomic E-state index is 14.9. The van der Waals surface area contributed by atoms with Crippen LogP contribution in [0.2, 0.25) is 5.02 Å². The maximum atomic E-state index is 14.9. The molecule has 2 amide bonds.